The van der Waals surface area contributed by atoms with E-state index in [0.717, 1.165) is 38.8 Å². The highest BCUT2D eigenvalue weighted by molar-refractivity contribution is 5.80. The topological polar surface area (TPSA) is 47.6 Å². The van der Waals surface area contributed by atoms with Crippen LogP contribution >= 0.6 is 0 Å². The highest BCUT2D eigenvalue weighted by Gasteiger charge is 2.37. The van der Waals surface area contributed by atoms with Gasteiger partial charge in [-0.15, -0.1) is 0 Å². The van der Waals surface area contributed by atoms with E-state index in [1.807, 2.05) is 6.92 Å². The minimum Gasteiger partial charge on any atom is -0.462 e. The molecule has 2 aliphatic rings. The molecule has 2 fully saturated rings. The summed E-state index contributed by atoms with van der Waals surface area (Å²) in [5.74, 6) is -0.129. The fourth-order valence-electron chi connectivity index (χ4n) is 2.17. The summed E-state index contributed by atoms with van der Waals surface area (Å²) in [6, 6.07) is 0. The van der Waals surface area contributed by atoms with Crippen molar-refractivity contribution in [1.29, 1.82) is 0 Å². The van der Waals surface area contributed by atoms with E-state index in [9.17, 15) is 4.79 Å². The maximum Gasteiger partial charge on any atom is 0.326 e. The van der Waals surface area contributed by atoms with Crippen molar-refractivity contribution < 1.29 is 14.3 Å². The molecule has 4 nitrogen and oxygen atoms in total. The van der Waals surface area contributed by atoms with Gasteiger partial charge in [0.05, 0.1) is 6.10 Å². The highest BCUT2D eigenvalue weighted by atomic mass is 16.6. The van der Waals surface area contributed by atoms with Crippen LogP contribution in [0.15, 0.2) is 0 Å². The summed E-state index contributed by atoms with van der Waals surface area (Å²) in [6.07, 6.45) is 4.14. The molecule has 2 heterocycles. The van der Waals surface area contributed by atoms with Crippen molar-refractivity contribution in [2.45, 2.75) is 44.2 Å². The molecular weight excluding hydrogens is 194 g/mol. The van der Waals surface area contributed by atoms with E-state index < -0.39 is 5.54 Å². The number of carbonyl (C=O) groups excluding carboxylic acids is 1. The summed E-state index contributed by atoms with van der Waals surface area (Å²) in [5, 5.41) is 3.19. The van der Waals surface area contributed by atoms with E-state index in [1.165, 1.54) is 0 Å². The van der Waals surface area contributed by atoms with Gasteiger partial charge in [0.25, 0.3) is 0 Å². The Labute approximate surface area is 90.3 Å². The van der Waals surface area contributed by atoms with Crippen LogP contribution < -0.4 is 5.32 Å². The van der Waals surface area contributed by atoms with Gasteiger partial charge in [0, 0.05) is 6.61 Å². The maximum absolute atomic E-state index is 11.8. The van der Waals surface area contributed by atoms with Crippen molar-refractivity contribution in [3.8, 4) is 0 Å². The molecular formula is C11H19NO3. The summed E-state index contributed by atoms with van der Waals surface area (Å²) in [6.45, 7) is 4.04. The number of carbonyl (C=O) groups is 1. The van der Waals surface area contributed by atoms with Crippen molar-refractivity contribution in [2.75, 3.05) is 19.8 Å². The zero-order chi connectivity index (χ0) is 10.7. The van der Waals surface area contributed by atoms with Crippen molar-refractivity contribution in [3.05, 3.63) is 0 Å². The van der Waals surface area contributed by atoms with E-state index in [-0.39, 0.29) is 12.1 Å². The molecule has 0 amide bonds. The van der Waals surface area contributed by atoms with Crippen LogP contribution in [0, 0.1) is 0 Å². The fraction of sp³-hybridized carbons (Fsp3) is 0.909. The largest absolute Gasteiger partial charge is 0.462 e. The highest BCUT2D eigenvalue weighted by Crippen LogP contribution is 2.21. The third kappa shape index (κ3) is 2.49. The monoisotopic (exact) mass is 213 g/mol. The van der Waals surface area contributed by atoms with E-state index in [0.29, 0.717) is 6.61 Å². The van der Waals surface area contributed by atoms with Gasteiger partial charge in [0.1, 0.15) is 12.1 Å². The molecule has 4 heteroatoms. The van der Waals surface area contributed by atoms with Gasteiger partial charge in [0.15, 0.2) is 0 Å². The Morgan fingerprint density at radius 3 is 3.07 bits per heavy atom. The van der Waals surface area contributed by atoms with E-state index >= 15 is 0 Å². The quantitative estimate of drug-likeness (QED) is 0.706. The van der Waals surface area contributed by atoms with Crippen molar-refractivity contribution in [2.24, 2.45) is 0 Å². The predicted octanol–water partition coefficient (Wildman–Crippen LogP) is 0.851. The molecule has 0 bridgehead atoms. The molecule has 86 valence electrons. The van der Waals surface area contributed by atoms with Crippen LogP contribution in [0.3, 0.4) is 0 Å². The second-order valence-electron chi connectivity index (χ2n) is 4.60. The number of hydrogen-bond acceptors (Lipinski definition) is 4. The lowest BCUT2D eigenvalue weighted by atomic mass is 10.0. The van der Waals surface area contributed by atoms with E-state index in [1.54, 1.807) is 0 Å². The lowest BCUT2D eigenvalue weighted by Gasteiger charge is -2.22. The molecule has 0 aliphatic carbocycles. The molecule has 0 radical (unpaired) electrons. The van der Waals surface area contributed by atoms with Crippen molar-refractivity contribution in [3.63, 3.8) is 0 Å². The lowest BCUT2D eigenvalue weighted by Crippen LogP contribution is -2.46. The Morgan fingerprint density at radius 1 is 1.60 bits per heavy atom. The van der Waals surface area contributed by atoms with Gasteiger partial charge in [-0.3, -0.25) is 4.79 Å². The molecule has 2 aliphatic heterocycles. The van der Waals surface area contributed by atoms with Gasteiger partial charge in [-0.25, -0.2) is 0 Å². The van der Waals surface area contributed by atoms with Gasteiger partial charge in [-0.1, -0.05) is 0 Å². The average Bonchev–Trinajstić information content (AvgIpc) is 2.85. The number of rotatable bonds is 3. The maximum atomic E-state index is 11.8. The number of esters is 1. The smallest absolute Gasteiger partial charge is 0.326 e. The third-order valence-electron chi connectivity index (χ3n) is 3.24. The number of ether oxygens (including phenoxy) is 2. The van der Waals surface area contributed by atoms with Crippen LogP contribution in [-0.4, -0.2) is 37.4 Å². The van der Waals surface area contributed by atoms with Gasteiger partial charge >= 0.3 is 5.97 Å². The molecule has 0 aromatic carbocycles. The minimum absolute atomic E-state index is 0.124. The molecule has 0 saturated carbocycles. The van der Waals surface area contributed by atoms with Crippen LogP contribution in [0.5, 0.6) is 0 Å². The summed E-state index contributed by atoms with van der Waals surface area (Å²) in [7, 11) is 0. The van der Waals surface area contributed by atoms with E-state index in [2.05, 4.69) is 5.32 Å². The van der Waals surface area contributed by atoms with Gasteiger partial charge in [-0.2, -0.15) is 0 Å². The molecule has 0 spiro atoms. The normalized spacial score (nSPS) is 35.7. The molecule has 2 atom stereocenters. The Balaban J connectivity index is 1.76. The number of nitrogens with one attached hydrogen (secondary N) is 1. The molecule has 15 heavy (non-hydrogen) atoms. The lowest BCUT2D eigenvalue weighted by molar-refractivity contribution is -0.153. The van der Waals surface area contributed by atoms with Crippen LogP contribution in [-0.2, 0) is 14.3 Å². The summed E-state index contributed by atoms with van der Waals surface area (Å²) >= 11 is 0. The predicted molar refractivity (Wildman–Crippen MR) is 55.6 cm³/mol. The summed E-state index contributed by atoms with van der Waals surface area (Å²) < 4.78 is 10.7. The van der Waals surface area contributed by atoms with Gasteiger partial charge in [0.2, 0.25) is 0 Å². The molecule has 2 saturated heterocycles. The molecule has 0 aromatic rings. The van der Waals surface area contributed by atoms with Gasteiger partial charge in [-0.05, 0) is 39.2 Å². The molecule has 0 aromatic heterocycles. The zero-order valence-corrected chi connectivity index (χ0v) is 9.25. The standard InChI is InChI=1S/C11H19NO3/c1-11(5-3-6-12-11)10(13)15-8-9-4-2-7-14-9/h9,12H,2-8H2,1H3. The zero-order valence-electron chi connectivity index (χ0n) is 9.25. The van der Waals surface area contributed by atoms with Crippen LogP contribution in [0.4, 0.5) is 0 Å². The second-order valence-corrected chi connectivity index (χ2v) is 4.60. The third-order valence-corrected chi connectivity index (χ3v) is 3.24. The Kier molecular flexibility index (Phi) is 3.26. The molecule has 2 rings (SSSR count). The number of hydrogen-bond donors (Lipinski definition) is 1. The minimum atomic E-state index is -0.460. The second kappa shape index (κ2) is 4.49. The summed E-state index contributed by atoms with van der Waals surface area (Å²) in [4.78, 5) is 11.8. The molecule has 1 N–H and O–H groups in total. The average molecular weight is 213 g/mol. The first-order chi connectivity index (χ1) is 7.21. The Bertz CT molecular complexity index is 230. The first kappa shape index (κ1) is 10.9. The van der Waals surface area contributed by atoms with Crippen molar-refractivity contribution >= 4 is 5.97 Å². The Morgan fingerprint density at radius 2 is 2.47 bits per heavy atom. The first-order valence-corrected chi connectivity index (χ1v) is 5.74. The van der Waals surface area contributed by atoms with Crippen LogP contribution in [0.25, 0.3) is 0 Å². The van der Waals surface area contributed by atoms with Crippen LogP contribution in [0.1, 0.15) is 32.6 Å². The fourth-order valence-corrected chi connectivity index (χ4v) is 2.17. The summed E-state index contributed by atoms with van der Waals surface area (Å²) in [5.41, 5.74) is -0.460. The SMILES string of the molecule is CC1(C(=O)OCC2CCCO2)CCCN1. The first-order valence-electron chi connectivity index (χ1n) is 5.74. The Hall–Kier alpha value is -0.610. The van der Waals surface area contributed by atoms with Crippen LogP contribution in [0.2, 0.25) is 0 Å². The van der Waals surface area contributed by atoms with E-state index in [4.69, 9.17) is 9.47 Å². The van der Waals surface area contributed by atoms with Crippen molar-refractivity contribution in [1.82, 2.24) is 5.32 Å². The molecule has 2 unspecified atom stereocenters. The van der Waals surface area contributed by atoms with Gasteiger partial charge < -0.3 is 14.8 Å².